The maximum Gasteiger partial charge on any atom is 0.323 e. The molecular formula is C11H22N2O3. The Labute approximate surface area is 96.6 Å². The molecule has 16 heavy (non-hydrogen) atoms. The normalized spacial score (nSPS) is 14.2. The lowest BCUT2D eigenvalue weighted by Crippen LogP contribution is -2.49. The fourth-order valence-corrected chi connectivity index (χ4v) is 1.51. The Morgan fingerprint density at radius 3 is 2.44 bits per heavy atom. The average Bonchev–Trinajstić information content (AvgIpc) is 2.24. The molecule has 0 bridgehead atoms. The molecule has 5 nitrogen and oxygen atoms in total. The molecule has 3 N–H and O–H groups in total. The van der Waals surface area contributed by atoms with Gasteiger partial charge in [0.1, 0.15) is 5.54 Å². The second kappa shape index (κ2) is 7.22. The molecule has 1 amide bonds. The standard InChI is InChI=1S/C11H22N2O3/c1-4-7-11(2,10(15)16)13-8-5-6-9(14)12-3/h13H,4-8H2,1-3H3,(H,12,14)(H,15,16). The van der Waals surface area contributed by atoms with Crippen LogP contribution < -0.4 is 10.6 Å². The van der Waals surface area contributed by atoms with Crippen LogP contribution in [0.4, 0.5) is 0 Å². The highest BCUT2D eigenvalue weighted by molar-refractivity contribution is 5.78. The van der Waals surface area contributed by atoms with Gasteiger partial charge in [0.2, 0.25) is 5.91 Å². The summed E-state index contributed by atoms with van der Waals surface area (Å²) in [6.45, 7) is 4.17. The molecule has 0 aliphatic rings. The second-order valence-electron chi connectivity index (χ2n) is 4.09. The van der Waals surface area contributed by atoms with E-state index in [0.29, 0.717) is 25.8 Å². The maximum atomic E-state index is 11.1. The molecule has 0 radical (unpaired) electrons. The molecule has 0 fully saturated rings. The first-order valence-electron chi connectivity index (χ1n) is 5.65. The number of rotatable bonds is 8. The number of hydrogen-bond acceptors (Lipinski definition) is 3. The Balaban J connectivity index is 3.95. The van der Waals surface area contributed by atoms with Crippen molar-refractivity contribution in [3.63, 3.8) is 0 Å². The molecule has 0 saturated heterocycles. The molecule has 94 valence electrons. The summed E-state index contributed by atoms with van der Waals surface area (Å²) in [6, 6.07) is 0. The molecular weight excluding hydrogens is 208 g/mol. The average molecular weight is 230 g/mol. The third-order valence-corrected chi connectivity index (χ3v) is 2.60. The van der Waals surface area contributed by atoms with Crippen molar-refractivity contribution in [1.29, 1.82) is 0 Å². The monoisotopic (exact) mass is 230 g/mol. The molecule has 0 heterocycles. The van der Waals surface area contributed by atoms with Crippen LogP contribution in [0.15, 0.2) is 0 Å². The first-order valence-corrected chi connectivity index (χ1v) is 5.65. The van der Waals surface area contributed by atoms with E-state index in [0.717, 1.165) is 6.42 Å². The van der Waals surface area contributed by atoms with Gasteiger partial charge in [0.05, 0.1) is 0 Å². The van der Waals surface area contributed by atoms with Crippen LogP contribution in [0.25, 0.3) is 0 Å². The molecule has 5 heteroatoms. The van der Waals surface area contributed by atoms with E-state index in [-0.39, 0.29) is 5.91 Å². The summed E-state index contributed by atoms with van der Waals surface area (Å²) in [7, 11) is 1.59. The fourth-order valence-electron chi connectivity index (χ4n) is 1.51. The zero-order valence-electron chi connectivity index (χ0n) is 10.3. The van der Waals surface area contributed by atoms with Gasteiger partial charge >= 0.3 is 5.97 Å². The molecule has 1 atom stereocenters. The second-order valence-corrected chi connectivity index (χ2v) is 4.09. The topological polar surface area (TPSA) is 78.4 Å². The van der Waals surface area contributed by atoms with Crippen LogP contribution in [0.1, 0.15) is 39.5 Å². The van der Waals surface area contributed by atoms with Crippen molar-refractivity contribution < 1.29 is 14.7 Å². The summed E-state index contributed by atoms with van der Waals surface area (Å²) in [5, 5.41) is 14.6. The van der Waals surface area contributed by atoms with Crippen LogP contribution in [0.3, 0.4) is 0 Å². The van der Waals surface area contributed by atoms with Gasteiger partial charge in [-0.15, -0.1) is 0 Å². The van der Waals surface area contributed by atoms with Gasteiger partial charge in [0.25, 0.3) is 0 Å². The first kappa shape index (κ1) is 14.9. The highest BCUT2D eigenvalue weighted by Crippen LogP contribution is 2.12. The van der Waals surface area contributed by atoms with Crippen molar-refractivity contribution in [2.75, 3.05) is 13.6 Å². The van der Waals surface area contributed by atoms with Crippen LogP contribution in [-0.2, 0) is 9.59 Å². The Hall–Kier alpha value is -1.10. The number of aliphatic carboxylic acids is 1. The summed E-state index contributed by atoms with van der Waals surface area (Å²) in [6.07, 6.45) is 2.46. The van der Waals surface area contributed by atoms with E-state index < -0.39 is 11.5 Å². The molecule has 1 unspecified atom stereocenters. The highest BCUT2D eigenvalue weighted by atomic mass is 16.4. The number of carbonyl (C=O) groups excluding carboxylic acids is 1. The van der Waals surface area contributed by atoms with E-state index in [2.05, 4.69) is 10.6 Å². The van der Waals surface area contributed by atoms with Gasteiger partial charge in [-0.1, -0.05) is 13.3 Å². The van der Waals surface area contributed by atoms with Crippen molar-refractivity contribution in [3.8, 4) is 0 Å². The Morgan fingerprint density at radius 2 is 2.00 bits per heavy atom. The Kier molecular flexibility index (Phi) is 6.72. The van der Waals surface area contributed by atoms with Crippen LogP contribution in [0.2, 0.25) is 0 Å². The third kappa shape index (κ3) is 5.11. The van der Waals surface area contributed by atoms with Gasteiger partial charge in [-0.2, -0.15) is 0 Å². The quantitative estimate of drug-likeness (QED) is 0.538. The highest BCUT2D eigenvalue weighted by Gasteiger charge is 2.30. The van der Waals surface area contributed by atoms with Gasteiger partial charge in [-0.05, 0) is 26.3 Å². The van der Waals surface area contributed by atoms with Crippen molar-refractivity contribution >= 4 is 11.9 Å². The number of carbonyl (C=O) groups is 2. The minimum atomic E-state index is -0.878. The molecule has 0 aliphatic heterocycles. The zero-order chi connectivity index (χ0) is 12.6. The van der Waals surface area contributed by atoms with E-state index in [1.807, 2.05) is 6.92 Å². The fraction of sp³-hybridized carbons (Fsp3) is 0.818. The lowest BCUT2D eigenvalue weighted by molar-refractivity contribution is -0.144. The van der Waals surface area contributed by atoms with Crippen LogP contribution in [0.5, 0.6) is 0 Å². The van der Waals surface area contributed by atoms with Crippen LogP contribution >= 0.6 is 0 Å². The van der Waals surface area contributed by atoms with Crippen molar-refractivity contribution in [2.24, 2.45) is 0 Å². The number of amides is 1. The summed E-state index contributed by atoms with van der Waals surface area (Å²) in [5.74, 6) is -0.858. The Bertz CT molecular complexity index is 243. The van der Waals surface area contributed by atoms with E-state index >= 15 is 0 Å². The minimum absolute atomic E-state index is 0.0191. The maximum absolute atomic E-state index is 11.1. The lowest BCUT2D eigenvalue weighted by Gasteiger charge is -2.25. The largest absolute Gasteiger partial charge is 0.480 e. The summed E-state index contributed by atoms with van der Waals surface area (Å²) < 4.78 is 0. The van der Waals surface area contributed by atoms with Crippen LogP contribution in [0, 0.1) is 0 Å². The van der Waals surface area contributed by atoms with E-state index in [1.165, 1.54) is 0 Å². The molecule has 0 aromatic rings. The number of carboxylic acid groups (broad SMARTS) is 1. The smallest absolute Gasteiger partial charge is 0.323 e. The zero-order valence-corrected chi connectivity index (χ0v) is 10.3. The molecule has 0 aromatic heterocycles. The van der Waals surface area contributed by atoms with Crippen LogP contribution in [-0.4, -0.2) is 36.1 Å². The SMILES string of the molecule is CCCC(C)(NCCCC(=O)NC)C(=O)O. The lowest BCUT2D eigenvalue weighted by atomic mass is 9.96. The molecule has 0 aromatic carbocycles. The summed E-state index contributed by atoms with van der Waals surface area (Å²) >= 11 is 0. The number of hydrogen-bond donors (Lipinski definition) is 3. The molecule has 0 aliphatic carbocycles. The van der Waals surface area contributed by atoms with Gasteiger partial charge in [0.15, 0.2) is 0 Å². The summed E-state index contributed by atoms with van der Waals surface area (Å²) in [4.78, 5) is 22.0. The summed E-state index contributed by atoms with van der Waals surface area (Å²) in [5.41, 5.74) is -0.878. The molecule has 0 saturated carbocycles. The van der Waals surface area contributed by atoms with Gasteiger partial charge in [0, 0.05) is 13.5 Å². The first-order chi connectivity index (χ1) is 7.46. The molecule has 0 spiro atoms. The predicted octanol–water partition coefficient (Wildman–Crippen LogP) is 0.746. The van der Waals surface area contributed by atoms with Gasteiger partial charge in [-0.3, -0.25) is 9.59 Å². The van der Waals surface area contributed by atoms with Gasteiger partial charge in [-0.25, -0.2) is 0 Å². The van der Waals surface area contributed by atoms with E-state index in [9.17, 15) is 9.59 Å². The number of carboxylic acids is 1. The van der Waals surface area contributed by atoms with E-state index in [4.69, 9.17) is 5.11 Å². The molecule has 0 rings (SSSR count). The predicted molar refractivity (Wildman–Crippen MR) is 62.3 cm³/mol. The van der Waals surface area contributed by atoms with Crippen molar-refractivity contribution in [1.82, 2.24) is 10.6 Å². The third-order valence-electron chi connectivity index (χ3n) is 2.60. The van der Waals surface area contributed by atoms with Crippen molar-refractivity contribution in [3.05, 3.63) is 0 Å². The van der Waals surface area contributed by atoms with Gasteiger partial charge < -0.3 is 15.7 Å². The van der Waals surface area contributed by atoms with E-state index in [1.54, 1.807) is 14.0 Å². The Morgan fingerprint density at radius 1 is 1.38 bits per heavy atom. The van der Waals surface area contributed by atoms with Crippen molar-refractivity contribution in [2.45, 2.75) is 45.1 Å². The minimum Gasteiger partial charge on any atom is -0.480 e. The number of nitrogens with one attached hydrogen (secondary N) is 2.